The second-order valence-electron chi connectivity index (χ2n) is 4.12. The van der Waals surface area contributed by atoms with Gasteiger partial charge in [0.15, 0.2) is 0 Å². The number of aromatic amines is 1. The van der Waals surface area contributed by atoms with E-state index in [2.05, 4.69) is 54.4 Å². The van der Waals surface area contributed by atoms with E-state index in [1.54, 1.807) is 3.28 Å². The first kappa shape index (κ1) is 15.8. The molecule has 3 rings (SSSR count). The van der Waals surface area contributed by atoms with Crippen LogP contribution in [-0.2, 0) is 23.2 Å². The van der Waals surface area contributed by atoms with Crippen molar-refractivity contribution in [3.8, 4) is 0 Å². The van der Waals surface area contributed by atoms with Crippen LogP contribution in [0.4, 0.5) is 0 Å². The molecule has 0 bridgehead atoms. The molecule has 1 aromatic heterocycles. The minimum atomic E-state index is -0.578. The van der Waals surface area contributed by atoms with Crippen LogP contribution in [0.5, 0.6) is 0 Å². The maximum Gasteiger partial charge on any atom is -1.00 e. The standard InChI is InChI=1S/C9H8N.C5H5.2ClH.Zr/c1-7-6-10-9-5-3-2-4-8(7)9;1-2-4-5-3-1;;;/h2-5,10H,1H3;1-3H,4H2;2*1H;/q;;;;+2/p-2. The molecule has 1 N–H and O–H groups in total. The molecule has 0 saturated heterocycles. The Labute approximate surface area is 131 Å². The van der Waals surface area contributed by atoms with Crippen molar-refractivity contribution in [2.45, 2.75) is 13.3 Å². The van der Waals surface area contributed by atoms with Gasteiger partial charge in [0.05, 0.1) is 0 Å². The monoisotopic (exact) mass is 355 g/mol. The van der Waals surface area contributed by atoms with Crippen molar-refractivity contribution in [2.24, 2.45) is 0 Å². The topological polar surface area (TPSA) is 15.8 Å². The largest absolute Gasteiger partial charge is 1.00 e. The molecule has 0 saturated carbocycles. The van der Waals surface area contributed by atoms with Gasteiger partial charge in [0.25, 0.3) is 0 Å². The van der Waals surface area contributed by atoms with Crippen molar-refractivity contribution in [3.63, 3.8) is 0 Å². The van der Waals surface area contributed by atoms with Crippen LogP contribution >= 0.6 is 0 Å². The molecular weight excluding hydrogens is 344 g/mol. The van der Waals surface area contributed by atoms with Crippen molar-refractivity contribution in [1.82, 2.24) is 4.98 Å². The maximum absolute atomic E-state index is 3.60. The number of halogens is 2. The third-order valence-corrected chi connectivity index (χ3v) is 6.57. The molecule has 0 unspecified atom stereocenters. The minimum Gasteiger partial charge on any atom is -1.00 e. The number of aryl methyl sites for hydroxylation is 1. The van der Waals surface area contributed by atoms with E-state index >= 15 is 0 Å². The first-order valence-corrected chi connectivity index (χ1v) is 8.00. The molecule has 0 aliphatic heterocycles. The fraction of sp³-hybridized carbons (Fsp3) is 0.143. The van der Waals surface area contributed by atoms with Gasteiger partial charge in [0, 0.05) is 0 Å². The van der Waals surface area contributed by atoms with Gasteiger partial charge in [-0.3, -0.25) is 0 Å². The van der Waals surface area contributed by atoms with Gasteiger partial charge in [-0.1, -0.05) is 0 Å². The van der Waals surface area contributed by atoms with Crippen molar-refractivity contribution >= 4 is 14.3 Å². The van der Waals surface area contributed by atoms with Crippen LogP contribution in [0.1, 0.15) is 12.0 Å². The van der Waals surface area contributed by atoms with Gasteiger partial charge in [0.1, 0.15) is 0 Å². The van der Waals surface area contributed by atoms with Crippen LogP contribution in [0, 0.1) is 6.92 Å². The molecule has 0 radical (unpaired) electrons. The van der Waals surface area contributed by atoms with Crippen LogP contribution in [0.25, 0.3) is 10.9 Å². The summed E-state index contributed by atoms with van der Waals surface area (Å²) in [6.07, 6.45) is 7.93. The summed E-state index contributed by atoms with van der Waals surface area (Å²) < 4.78 is 3.19. The van der Waals surface area contributed by atoms with Crippen molar-refractivity contribution in [3.05, 3.63) is 51.3 Å². The Morgan fingerprint density at radius 2 is 1.94 bits per heavy atom. The molecule has 18 heavy (non-hydrogen) atoms. The van der Waals surface area contributed by atoms with Gasteiger partial charge >= 0.3 is 107 Å². The smallest absolute Gasteiger partial charge is 1.00 e. The summed E-state index contributed by atoms with van der Waals surface area (Å²) in [4.78, 5) is 3.60. The Morgan fingerprint density at radius 3 is 2.61 bits per heavy atom. The molecule has 4 heteroatoms. The van der Waals surface area contributed by atoms with Crippen molar-refractivity contribution < 1.29 is 48.0 Å². The second-order valence-corrected chi connectivity index (χ2v) is 7.54. The zero-order valence-electron chi connectivity index (χ0n) is 10.0. The van der Waals surface area contributed by atoms with Crippen LogP contribution in [0.15, 0.2) is 45.8 Å². The van der Waals surface area contributed by atoms with E-state index in [4.69, 9.17) is 0 Å². The summed E-state index contributed by atoms with van der Waals surface area (Å²) in [5.74, 6) is 0. The number of para-hydroxylation sites is 1. The predicted octanol–water partition coefficient (Wildman–Crippen LogP) is -2.96. The summed E-state index contributed by atoms with van der Waals surface area (Å²) in [5.41, 5.74) is 2.76. The molecule has 1 aromatic carbocycles. The number of allylic oxidation sites excluding steroid dienone is 4. The van der Waals surface area contributed by atoms with Crippen LogP contribution in [0.3, 0.4) is 0 Å². The van der Waals surface area contributed by atoms with Crippen LogP contribution in [0.2, 0.25) is 0 Å². The van der Waals surface area contributed by atoms with E-state index in [1.165, 1.54) is 26.3 Å². The van der Waals surface area contributed by atoms with Crippen LogP contribution in [-0.4, -0.2) is 4.98 Å². The van der Waals surface area contributed by atoms with Crippen molar-refractivity contribution in [2.75, 3.05) is 0 Å². The molecule has 2 aromatic rings. The first-order chi connectivity index (χ1) is 7.84. The number of benzene rings is 1. The van der Waals surface area contributed by atoms with E-state index in [9.17, 15) is 0 Å². The summed E-state index contributed by atoms with van der Waals surface area (Å²) in [6, 6.07) is 8.61. The van der Waals surface area contributed by atoms with Crippen molar-refractivity contribution in [1.29, 1.82) is 0 Å². The zero-order chi connectivity index (χ0) is 11.0. The number of aromatic nitrogens is 1. The van der Waals surface area contributed by atoms with Gasteiger partial charge in [-0.25, -0.2) is 0 Å². The van der Waals surface area contributed by atoms with Gasteiger partial charge in [-0.2, -0.15) is 0 Å². The third-order valence-electron chi connectivity index (χ3n) is 3.02. The number of H-pyrrole nitrogens is 1. The molecule has 0 spiro atoms. The maximum atomic E-state index is 3.60. The summed E-state index contributed by atoms with van der Waals surface area (Å²) in [5, 5.41) is 1.39. The van der Waals surface area contributed by atoms with E-state index < -0.39 is 23.2 Å². The fourth-order valence-electron chi connectivity index (χ4n) is 2.11. The number of rotatable bonds is 2. The molecule has 1 aliphatic carbocycles. The Hall–Kier alpha value is -0.297. The van der Waals surface area contributed by atoms with Crippen LogP contribution < -0.4 is 28.2 Å². The average Bonchev–Trinajstić information content (AvgIpc) is 2.90. The molecule has 0 fully saturated rings. The molecular formula is C14H13Cl2NZr. The summed E-state index contributed by atoms with van der Waals surface area (Å²) >= 11 is -0.578. The molecule has 0 amide bonds. The third kappa shape index (κ3) is 2.99. The van der Waals surface area contributed by atoms with E-state index in [0.717, 1.165) is 0 Å². The van der Waals surface area contributed by atoms with E-state index in [0.29, 0.717) is 0 Å². The molecule has 0 atom stereocenters. The predicted molar refractivity (Wildman–Crippen MR) is 64.5 cm³/mol. The Kier molecular flexibility index (Phi) is 5.91. The first-order valence-electron chi connectivity index (χ1n) is 5.54. The fourth-order valence-corrected chi connectivity index (χ4v) is 5.16. The number of fused-ring (bicyclic) bond motifs is 1. The number of hydrogen-bond donors (Lipinski definition) is 1. The quantitative estimate of drug-likeness (QED) is 0.591. The molecule has 92 valence electrons. The average molecular weight is 357 g/mol. The Balaban J connectivity index is 0.000000810. The number of hydrogen-bond acceptors (Lipinski definition) is 0. The number of nitrogens with one attached hydrogen (secondary N) is 1. The summed E-state index contributed by atoms with van der Waals surface area (Å²) in [7, 11) is 0. The van der Waals surface area contributed by atoms with Gasteiger partial charge in [-0.05, 0) is 0 Å². The SMILES string of the molecule is Cc1[c]([Zr+2][C]2=CC=CC2)[nH]c2ccccc12.[Cl-].[Cl-]. The molecule has 1 aliphatic rings. The van der Waals surface area contributed by atoms with Gasteiger partial charge in [-0.15, -0.1) is 0 Å². The Bertz CT molecular complexity index is 599. The second kappa shape index (κ2) is 6.75. The zero-order valence-corrected chi connectivity index (χ0v) is 14.0. The normalized spacial score (nSPS) is 12.6. The minimum absolute atomic E-state index is 0. The Morgan fingerprint density at radius 1 is 1.17 bits per heavy atom. The molecule has 1 heterocycles. The summed E-state index contributed by atoms with van der Waals surface area (Å²) in [6.45, 7) is 2.25. The van der Waals surface area contributed by atoms with Gasteiger partial charge < -0.3 is 24.8 Å². The van der Waals surface area contributed by atoms with E-state index in [1.807, 2.05) is 0 Å². The molecule has 1 nitrogen and oxygen atoms in total. The van der Waals surface area contributed by atoms with E-state index in [-0.39, 0.29) is 24.8 Å². The van der Waals surface area contributed by atoms with Gasteiger partial charge in [0.2, 0.25) is 0 Å².